The summed E-state index contributed by atoms with van der Waals surface area (Å²) in [6.07, 6.45) is 2.64. The minimum atomic E-state index is -0.112. The lowest BCUT2D eigenvalue weighted by Gasteiger charge is -2.37. The van der Waals surface area contributed by atoms with Crippen molar-refractivity contribution in [3.63, 3.8) is 0 Å². The van der Waals surface area contributed by atoms with Crippen molar-refractivity contribution >= 4 is 5.91 Å². The average Bonchev–Trinajstić information content (AvgIpc) is 3.34. The van der Waals surface area contributed by atoms with Crippen LogP contribution < -0.4 is 10.1 Å². The second-order valence-electron chi connectivity index (χ2n) is 7.71. The van der Waals surface area contributed by atoms with E-state index in [-0.39, 0.29) is 11.9 Å². The van der Waals surface area contributed by atoms with Crippen molar-refractivity contribution in [2.75, 3.05) is 46.1 Å². The van der Waals surface area contributed by atoms with Gasteiger partial charge in [-0.15, -0.1) is 0 Å². The summed E-state index contributed by atoms with van der Waals surface area (Å²) in [7, 11) is 0. The topological polar surface area (TPSA) is 72.9 Å². The van der Waals surface area contributed by atoms with Crippen LogP contribution in [-0.2, 0) is 16.1 Å². The molecule has 0 aliphatic carbocycles. The average molecular weight is 412 g/mol. The smallest absolute Gasteiger partial charge is 0.251 e. The van der Waals surface area contributed by atoms with Crippen LogP contribution in [0.15, 0.2) is 48.7 Å². The number of benzene rings is 1. The van der Waals surface area contributed by atoms with Crippen molar-refractivity contribution in [3.8, 4) is 5.88 Å². The van der Waals surface area contributed by atoms with Gasteiger partial charge in [-0.25, -0.2) is 4.98 Å². The maximum atomic E-state index is 12.8. The summed E-state index contributed by atoms with van der Waals surface area (Å²) in [6.45, 7) is 5.83. The molecule has 0 spiro atoms. The molecule has 2 aliphatic rings. The predicted molar refractivity (Wildman–Crippen MR) is 112 cm³/mol. The number of carbonyl (C=O) groups excluding carboxylic acids is 1. The number of hydrogen-bond acceptors (Lipinski definition) is 6. The molecular formula is C23H29N3O4. The Morgan fingerprint density at radius 1 is 1.17 bits per heavy atom. The van der Waals surface area contributed by atoms with Crippen LogP contribution in [0, 0.1) is 5.92 Å². The molecule has 1 aromatic heterocycles. The first-order chi connectivity index (χ1) is 14.8. The van der Waals surface area contributed by atoms with Gasteiger partial charge in [0.2, 0.25) is 5.88 Å². The first-order valence-electron chi connectivity index (χ1n) is 10.6. The first-order valence-corrected chi connectivity index (χ1v) is 10.6. The van der Waals surface area contributed by atoms with Crippen LogP contribution in [0.2, 0.25) is 0 Å². The fourth-order valence-electron chi connectivity index (χ4n) is 4.02. The maximum absolute atomic E-state index is 12.8. The molecule has 2 saturated heterocycles. The van der Waals surface area contributed by atoms with Crippen LogP contribution in [0.4, 0.5) is 0 Å². The zero-order valence-corrected chi connectivity index (χ0v) is 17.2. The van der Waals surface area contributed by atoms with Crippen LogP contribution in [-0.4, -0.2) is 67.9 Å². The number of aromatic nitrogens is 1. The van der Waals surface area contributed by atoms with Crippen molar-refractivity contribution < 1.29 is 19.0 Å². The zero-order valence-electron chi connectivity index (χ0n) is 17.2. The molecule has 2 unspecified atom stereocenters. The minimum absolute atomic E-state index is 0.112. The maximum Gasteiger partial charge on any atom is 0.251 e. The third-order valence-corrected chi connectivity index (χ3v) is 5.72. The zero-order chi connectivity index (χ0) is 20.6. The van der Waals surface area contributed by atoms with Gasteiger partial charge in [-0.3, -0.25) is 9.69 Å². The van der Waals surface area contributed by atoms with E-state index < -0.39 is 0 Å². The van der Waals surface area contributed by atoms with Crippen LogP contribution in [0.25, 0.3) is 0 Å². The van der Waals surface area contributed by atoms with Crippen molar-refractivity contribution in [2.45, 2.75) is 19.1 Å². The fraction of sp³-hybridized carbons (Fsp3) is 0.478. The molecule has 7 heteroatoms. The van der Waals surface area contributed by atoms with Gasteiger partial charge >= 0.3 is 0 Å². The van der Waals surface area contributed by atoms with E-state index in [0.29, 0.717) is 30.5 Å². The molecule has 4 rings (SSSR count). The molecule has 2 fully saturated rings. The molecule has 160 valence electrons. The van der Waals surface area contributed by atoms with E-state index in [9.17, 15) is 4.79 Å². The van der Waals surface area contributed by atoms with Crippen molar-refractivity contribution in [1.29, 1.82) is 0 Å². The summed E-state index contributed by atoms with van der Waals surface area (Å²) in [6, 6.07) is 13.6. The quantitative estimate of drug-likeness (QED) is 0.718. The fourth-order valence-corrected chi connectivity index (χ4v) is 4.02. The van der Waals surface area contributed by atoms with Crippen LogP contribution >= 0.6 is 0 Å². The van der Waals surface area contributed by atoms with E-state index in [0.717, 1.165) is 51.5 Å². The normalized spacial score (nSPS) is 20.6. The molecule has 0 bridgehead atoms. The molecule has 2 aromatic rings. The van der Waals surface area contributed by atoms with Crippen LogP contribution in [0.1, 0.15) is 22.3 Å². The highest BCUT2D eigenvalue weighted by Crippen LogP contribution is 2.22. The molecule has 2 aliphatic heterocycles. The van der Waals surface area contributed by atoms with E-state index in [2.05, 4.69) is 15.2 Å². The largest absolute Gasteiger partial charge is 0.473 e. The lowest BCUT2D eigenvalue weighted by molar-refractivity contribution is 0.00166. The van der Waals surface area contributed by atoms with Gasteiger partial charge in [-0.05, 0) is 18.1 Å². The molecule has 1 N–H and O–H groups in total. The Morgan fingerprint density at radius 3 is 2.77 bits per heavy atom. The molecule has 1 aromatic carbocycles. The number of nitrogens with zero attached hydrogens (tertiary/aromatic N) is 2. The molecule has 0 radical (unpaired) electrons. The summed E-state index contributed by atoms with van der Waals surface area (Å²) in [5.41, 5.74) is 1.61. The third-order valence-electron chi connectivity index (χ3n) is 5.72. The van der Waals surface area contributed by atoms with Crippen molar-refractivity contribution in [3.05, 3.63) is 59.8 Å². The number of rotatable bonds is 8. The molecule has 1 amide bonds. The SMILES string of the molecule is O=C(NCC(C1CCOC1)N1CCOCC1)c1ccnc(OCc2ccccc2)c1. The van der Waals surface area contributed by atoms with Crippen molar-refractivity contribution in [1.82, 2.24) is 15.2 Å². The van der Waals surface area contributed by atoms with E-state index in [1.54, 1.807) is 18.3 Å². The Hall–Kier alpha value is -2.48. The number of pyridine rings is 1. The summed E-state index contributed by atoms with van der Waals surface area (Å²) in [5, 5.41) is 3.11. The number of amides is 1. The lowest BCUT2D eigenvalue weighted by atomic mass is 9.96. The highest BCUT2D eigenvalue weighted by molar-refractivity contribution is 5.94. The van der Waals surface area contributed by atoms with Crippen LogP contribution in [0.5, 0.6) is 5.88 Å². The van der Waals surface area contributed by atoms with Gasteiger partial charge in [0.1, 0.15) is 6.61 Å². The summed E-state index contributed by atoms with van der Waals surface area (Å²) >= 11 is 0. The van der Waals surface area contributed by atoms with E-state index >= 15 is 0 Å². The van der Waals surface area contributed by atoms with Crippen molar-refractivity contribution in [2.24, 2.45) is 5.92 Å². The Morgan fingerprint density at radius 2 is 2.00 bits per heavy atom. The lowest BCUT2D eigenvalue weighted by Crippen LogP contribution is -2.52. The monoisotopic (exact) mass is 411 g/mol. The van der Waals surface area contributed by atoms with Gasteiger partial charge in [0, 0.05) is 56.0 Å². The van der Waals surface area contributed by atoms with Gasteiger partial charge in [-0.1, -0.05) is 30.3 Å². The second kappa shape index (κ2) is 10.5. The minimum Gasteiger partial charge on any atom is -0.473 e. The number of carbonyl (C=O) groups is 1. The highest BCUT2D eigenvalue weighted by atomic mass is 16.5. The molecule has 30 heavy (non-hydrogen) atoms. The molecule has 7 nitrogen and oxygen atoms in total. The summed E-state index contributed by atoms with van der Waals surface area (Å²) < 4.78 is 16.9. The predicted octanol–water partition coefficient (Wildman–Crippen LogP) is 2.13. The molecule has 3 heterocycles. The van der Waals surface area contributed by atoms with Gasteiger partial charge in [0.05, 0.1) is 19.8 Å². The van der Waals surface area contributed by atoms with E-state index in [1.807, 2.05) is 30.3 Å². The molecule has 0 saturated carbocycles. The van der Waals surface area contributed by atoms with E-state index in [4.69, 9.17) is 14.2 Å². The first kappa shape index (κ1) is 20.8. The summed E-state index contributed by atoms with van der Waals surface area (Å²) in [5.74, 6) is 0.769. The molecule has 2 atom stereocenters. The summed E-state index contributed by atoms with van der Waals surface area (Å²) in [4.78, 5) is 19.5. The standard InChI is InChI=1S/C23H29N3O4/c27-23(19-6-8-24-22(14-19)30-16-18-4-2-1-3-5-18)25-15-21(20-7-11-29-17-20)26-9-12-28-13-10-26/h1-6,8,14,20-21H,7,9-13,15-17H2,(H,25,27). The van der Waals surface area contributed by atoms with E-state index in [1.165, 1.54) is 0 Å². The Balaban J connectivity index is 1.35. The van der Waals surface area contributed by atoms with Gasteiger partial charge < -0.3 is 19.5 Å². The second-order valence-corrected chi connectivity index (χ2v) is 7.71. The highest BCUT2D eigenvalue weighted by Gasteiger charge is 2.31. The number of ether oxygens (including phenoxy) is 3. The van der Waals surface area contributed by atoms with Gasteiger partial charge in [-0.2, -0.15) is 0 Å². The third kappa shape index (κ3) is 5.56. The Bertz CT molecular complexity index is 805. The molecular weight excluding hydrogens is 382 g/mol. The Kier molecular flexibility index (Phi) is 7.29. The number of morpholine rings is 1. The van der Waals surface area contributed by atoms with Gasteiger partial charge in [0.15, 0.2) is 0 Å². The Labute approximate surface area is 177 Å². The number of hydrogen-bond donors (Lipinski definition) is 1. The van der Waals surface area contributed by atoms with Gasteiger partial charge in [0.25, 0.3) is 5.91 Å². The number of nitrogens with one attached hydrogen (secondary N) is 1. The van der Waals surface area contributed by atoms with Crippen LogP contribution in [0.3, 0.4) is 0 Å².